The second-order valence-corrected chi connectivity index (χ2v) is 3.03. The normalized spacial score (nSPS) is 14.1. The van der Waals surface area contributed by atoms with Crippen LogP contribution in [0.25, 0.3) is 0 Å². The van der Waals surface area contributed by atoms with E-state index in [4.69, 9.17) is 5.73 Å². The van der Waals surface area contributed by atoms with Crippen LogP contribution in [-0.4, -0.2) is 0 Å². The average Bonchev–Trinajstić information content (AvgIpc) is 2.01. The van der Waals surface area contributed by atoms with Gasteiger partial charge in [-0.15, -0.1) is 0 Å². The summed E-state index contributed by atoms with van der Waals surface area (Å²) in [5.74, 6) is -1.28. The Hall–Kier alpha value is -1.10. The highest BCUT2D eigenvalue weighted by Gasteiger charge is 2.33. The molecule has 0 aliphatic rings. The highest BCUT2D eigenvalue weighted by atomic mass is 19.4. The molecule has 1 aromatic carbocycles. The minimum Gasteiger partial charge on any atom is -0.324 e. The molecule has 1 nitrogen and oxygen atoms in total. The molecule has 1 atom stereocenters. The Bertz CT molecular complexity index is 330. The first kappa shape index (κ1) is 11.0. The standard InChI is InChI=1S/C9H9F4N/c1-5(14)6-2-3-7(8(10)4-6)9(11,12)13/h2-5H,14H2,1H3/t5-/m1/s1. The molecular weight excluding hydrogens is 198 g/mol. The zero-order chi connectivity index (χ0) is 10.9. The lowest BCUT2D eigenvalue weighted by Crippen LogP contribution is -2.11. The van der Waals surface area contributed by atoms with E-state index in [1.54, 1.807) is 6.92 Å². The molecule has 1 aromatic rings. The van der Waals surface area contributed by atoms with E-state index in [0.29, 0.717) is 11.6 Å². The van der Waals surface area contributed by atoms with E-state index in [1.807, 2.05) is 0 Å². The fourth-order valence-corrected chi connectivity index (χ4v) is 1.04. The van der Waals surface area contributed by atoms with Crippen LogP contribution in [0.3, 0.4) is 0 Å². The van der Waals surface area contributed by atoms with Crippen molar-refractivity contribution in [2.24, 2.45) is 5.73 Å². The summed E-state index contributed by atoms with van der Waals surface area (Å²) in [6.07, 6.45) is -4.65. The van der Waals surface area contributed by atoms with Crippen LogP contribution < -0.4 is 5.73 Å². The van der Waals surface area contributed by atoms with Crippen molar-refractivity contribution in [2.45, 2.75) is 19.1 Å². The van der Waals surface area contributed by atoms with Gasteiger partial charge in [-0.1, -0.05) is 6.07 Å². The Morgan fingerprint density at radius 1 is 1.29 bits per heavy atom. The van der Waals surface area contributed by atoms with Crippen LogP contribution in [-0.2, 0) is 6.18 Å². The summed E-state index contributed by atoms with van der Waals surface area (Å²) < 4.78 is 49.3. The third-order valence-electron chi connectivity index (χ3n) is 1.82. The van der Waals surface area contributed by atoms with Gasteiger partial charge in [-0.25, -0.2) is 4.39 Å². The third-order valence-corrected chi connectivity index (χ3v) is 1.82. The molecule has 78 valence electrons. The van der Waals surface area contributed by atoms with Crippen molar-refractivity contribution >= 4 is 0 Å². The lowest BCUT2D eigenvalue weighted by molar-refractivity contribution is -0.140. The predicted molar refractivity (Wildman–Crippen MR) is 44.0 cm³/mol. The topological polar surface area (TPSA) is 26.0 Å². The maximum absolute atomic E-state index is 12.9. The van der Waals surface area contributed by atoms with Crippen LogP contribution in [0.4, 0.5) is 17.6 Å². The monoisotopic (exact) mass is 207 g/mol. The summed E-state index contributed by atoms with van der Waals surface area (Å²) in [7, 11) is 0. The second-order valence-electron chi connectivity index (χ2n) is 3.03. The molecule has 0 heterocycles. The van der Waals surface area contributed by atoms with Crippen molar-refractivity contribution < 1.29 is 17.6 Å². The number of nitrogens with two attached hydrogens (primary N) is 1. The zero-order valence-electron chi connectivity index (χ0n) is 7.40. The van der Waals surface area contributed by atoms with Crippen LogP contribution in [0.1, 0.15) is 24.1 Å². The maximum Gasteiger partial charge on any atom is 0.419 e. The van der Waals surface area contributed by atoms with Crippen molar-refractivity contribution in [3.05, 3.63) is 35.1 Å². The van der Waals surface area contributed by atoms with Gasteiger partial charge in [-0.05, 0) is 24.6 Å². The first-order valence-electron chi connectivity index (χ1n) is 3.94. The number of halogens is 4. The van der Waals surface area contributed by atoms with Crippen LogP contribution >= 0.6 is 0 Å². The first-order chi connectivity index (χ1) is 6.32. The summed E-state index contributed by atoms with van der Waals surface area (Å²) in [5, 5.41) is 0. The van der Waals surface area contributed by atoms with Crippen LogP contribution in [0, 0.1) is 5.82 Å². The molecule has 0 aliphatic carbocycles. The van der Waals surface area contributed by atoms with Crippen molar-refractivity contribution in [3.8, 4) is 0 Å². The highest BCUT2D eigenvalue weighted by Crippen LogP contribution is 2.32. The lowest BCUT2D eigenvalue weighted by Gasteiger charge is -2.10. The van der Waals surface area contributed by atoms with Gasteiger partial charge in [0, 0.05) is 6.04 Å². The Morgan fingerprint density at radius 2 is 1.86 bits per heavy atom. The van der Waals surface area contributed by atoms with Crippen LogP contribution in [0.15, 0.2) is 18.2 Å². The van der Waals surface area contributed by atoms with Crippen LogP contribution in [0.5, 0.6) is 0 Å². The van der Waals surface area contributed by atoms with Gasteiger partial charge in [-0.2, -0.15) is 13.2 Å². The lowest BCUT2D eigenvalue weighted by atomic mass is 10.1. The molecule has 5 heteroatoms. The van der Waals surface area contributed by atoms with Gasteiger partial charge in [0.2, 0.25) is 0 Å². The van der Waals surface area contributed by atoms with E-state index >= 15 is 0 Å². The molecule has 0 saturated carbocycles. The van der Waals surface area contributed by atoms with Crippen molar-refractivity contribution in [1.29, 1.82) is 0 Å². The van der Waals surface area contributed by atoms with Gasteiger partial charge in [0.25, 0.3) is 0 Å². The molecule has 0 bridgehead atoms. The molecule has 0 radical (unpaired) electrons. The predicted octanol–water partition coefficient (Wildman–Crippen LogP) is 2.86. The van der Waals surface area contributed by atoms with E-state index in [9.17, 15) is 17.6 Å². The molecule has 0 aliphatic heterocycles. The minimum absolute atomic E-state index is 0.343. The van der Waals surface area contributed by atoms with Gasteiger partial charge in [0.05, 0.1) is 5.56 Å². The van der Waals surface area contributed by atoms with Gasteiger partial charge in [0.1, 0.15) is 5.82 Å². The molecule has 0 fully saturated rings. The van der Waals surface area contributed by atoms with Crippen molar-refractivity contribution in [3.63, 3.8) is 0 Å². The van der Waals surface area contributed by atoms with E-state index in [0.717, 1.165) is 6.07 Å². The molecular formula is C9H9F4N. The summed E-state index contributed by atoms with van der Waals surface area (Å²) in [6.45, 7) is 1.57. The molecule has 1 rings (SSSR count). The molecule has 0 amide bonds. The molecule has 0 aromatic heterocycles. The summed E-state index contributed by atoms with van der Waals surface area (Å²) in [4.78, 5) is 0. The number of hydrogen-bond donors (Lipinski definition) is 1. The van der Waals surface area contributed by atoms with Crippen molar-refractivity contribution in [2.75, 3.05) is 0 Å². The quantitative estimate of drug-likeness (QED) is 0.704. The Balaban J connectivity index is 3.15. The van der Waals surface area contributed by atoms with Crippen LogP contribution in [0.2, 0.25) is 0 Å². The van der Waals surface area contributed by atoms with E-state index in [1.165, 1.54) is 6.07 Å². The summed E-state index contributed by atoms with van der Waals surface area (Å²) in [5.41, 5.74) is 4.47. The van der Waals surface area contributed by atoms with Gasteiger partial charge in [0.15, 0.2) is 0 Å². The summed E-state index contributed by atoms with van der Waals surface area (Å²) in [6, 6.07) is 2.21. The Kier molecular flexibility index (Phi) is 2.80. The minimum atomic E-state index is -4.65. The fourth-order valence-electron chi connectivity index (χ4n) is 1.04. The molecule has 2 N–H and O–H groups in total. The van der Waals surface area contributed by atoms with E-state index in [2.05, 4.69) is 0 Å². The first-order valence-corrected chi connectivity index (χ1v) is 3.94. The largest absolute Gasteiger partial charge is 0.419 e. The van der Waals surface area contributed by atoms with Gasteiger partial charge in [-0.3, -0.25) is 0 Å². The van der Waals surface area contributed by atoms with E-state index < -0.39 is 23.6 Å². The zero-order valence-corrected chi connectivity index (χ0v) is 7.40. The van der Waals surface area contributed by atoms with Gasteiger partial charge >= 0.3 is 6.18 Å². The number of alkyl halides is 3. The number of rotatable bonds is 1. The maximum atomic E-state index is 12.9. The average molecular weight is 207 g/mol. The Labute approximate surface area is 78.5 Å². The Morgan fingerprint density at radius 3 is 2.21 bits per heavy atom. The summed E-state index contributed by atoms with van der Waals surface area (Å²) >= 11 is 0. The SMILES string of the molecule is C[C@@H](N)c1ccc(C(F)(F)F)c(F)c1. The molecule has 0 saturated heterocycles. The van der Waals surface area contributed by atoms with E-state index in [-0.39, 0.29) is 0 Å². The molecule has 0 spiro atoms. The fraction of sp³-hybridized carbons (Fsp3) is 0.333. The highest BCUT2D eigenvalue weighted by molar-refractivity contribution is 5.28. The van der Waals surface area contributed by atoms with Gasteiger partial charge < -0.3 is 5.73 Å². The second kappa shape index (κ2) is 3.57. The smallest absolute Gasteiger partial charge is 0.324 e. The number of benzene rings is 1. The van der Waals surface area contributed by atoms with Crippen molar-refractivity contribution in [1.82, 2.24) is 0 Å². The molecule has 14 heavy (non-hydrogen) atoms. The number of hydrogen-bond acceptors (Lipinski definition) is 1. The third kappa shape index (κ3) is 2.23. The molecule has 0 unspecified atom stereocenters.